The second-order valence-corrected chi connectivity index (χ2v) is 11.9. The number of esters is 1. The van der Waals surface area contributed by atoms with Crippen LogP contribution in [0, 0.1) is 0 Å². The van der Waals surface area contributed by atoms with Crippen LogP contribution in [0.1, 0.15) is 16.7 Å². The summed E-state index contributed by atoms with van der Waals surface area (Å²) in [7, 11) is 1.15. The zero-order valence-corrected chi connectivity index (χ0v) is 28.2. The predicted molar refractivity (Wildman–Crippen MR) is 181 cm³/mol. The number of hydrogen-bond acceptors (Lipinski definition) is 12. The number of benzene rings is 3. The second kappa shape index (κ2) is 19.4. The third kappa shape index (κ3) is 10.2. The molecule has 2 heterocycles. The molecule has 0 saturated carbocycles. The second-order valence-electron chi connectivity index (χ2n) is 11.9. The number of nitrogens with zero attached hydrogens (tertiary/aromatic N) is 3. The monoisotopic (exact) mass is 705 g/mol. The van der Waals surface area contributed by atoms with E-state index in [9.17, 15) is 20.5 Å². The Morgan fingerprint density at radius 2 is 1.37 bits per heavy atom. The number of aliphatic hydroxyl groups excluding tert-OH is 2. The highest BCUT2D eigenvalue weighted by Gasteiger charge is 2.54. The van der Waals surface area contributed by atoms with Crippen molar-refractivity contribution in [3.05, 3.63) is 131 Å². The van der Waals surface area contributed by atoms with Crippen molar-refractivity contribution in [3.8, 4) is 0 Å². The lowest BCUT2D eigenvalue weighted by atomic mass is 9.95. The maximum atomic E-state index is 12.8. The lowest BCUT2D eigenvalue weighted by Crippen LogP contribution is -2.65. The molecule has 51 heavy (non-hydrogen) atoms. The van der Waals surface area contributed by atoms with Crippen LogP contribution in [0.4, 0.5) is 0 Å². The van der Waals surface area contributed by atoms with E-state index in [0.29, 0.717) is 0 Å². The van der Waals surface area contributed by atoms with Crippen LogP contribution >= 0.6 is 0 Å². The van der Waals surface area contributed by atoms with Gasteiger partial charge in [-0.25, -0.2) is 4.79 Å². The molecule has 2 aliphatic rings. The van der Waals surface area contributed by atoms with Crippen LogP contribution in [0.5, 0.6) is 0 Å². The summed E-state index contributed by atoms with van der Waals surface area (Å²) in [5, 5.41) is 26.8. The van der Waals surface area contributed by atoms with Gasteiger partial charge in [0.2, 0.25) is 0 Å². The van der Waals surface area contributed by atoms with Crippen LogP contribution in [-0.2, 0) is 62.5 Å². The third-order valence-electron chi connectivity index (χ3n) is 8.41. The van der Waals surface area contributed by atoms with Gasteiger partial charge in [0.25, 0.3) is 0 Å². The smallest absolute Gasteiger partial charge is 0.337 e. The molecule has 3 aromatic carbocycles. The van der Waals surface area contributed by atoms with E-state index >= 15 is 0 Å². The molecule has 3 aromatic rings. The molecule has 10 atom stereocenters. The number of carbonyl (C=O) groups excluding carboxylic acids is 1. The highest BCUT2D eigenvalue weighted by atomic mass is 16.7. The Balaban J connectivity index is 1.47. The molecule has 0 amide bonds. The molecular weight excluding hydrogens is 662 g/mol. The number of azide groups is 1. The molecule has 14 heteroatoms. The number of hydrogen-bond donors (Lipinski definition) is 2. The summed E-state index contributed by atoms with van der Waals surface area (Å²) in [6.07, 6.45) is -10.5. The highest BCUT2D eigenvalue weighted by Crippen LogP contribution is 2.34. The predicted octanol–water partition coefficient (Wildman–Crippen LogP) is 3.99. The molecule has 5 rings (SSSR count). The van der Waals surface area contributed by atoms with Gasteiger partial charge >= 0.3 is 5.97 Å². The lowest BCUT2D eigenvalue weighted by molar-refractivity contribution is -0.349. The SMILES string of the molecule is C=CCO[C@H]1O[C@H](COCc2ccccc2)[C@@H](O[C@@H]2O[C@@H](C(=O)OC)[C@@H](O)[C@H](OCc3ccccc3)[C@H]2O)[C@H](OCc2ccccc2)[C@H]1N=[N+]=[N-]. The Morgan fingerprint density at radius 3 is 1.92 bits per heavy atom. The highest BCUT2D eigenvalue weighted by molar-refractivity contribution is 5.75. The fourth-order valence-electron chi connectivity index (χ4n) is 5.88. The molecule has 0 radical (unpaired) electrons. The first-order chi connectivity index (χ1) is 24.9. The first-order valence-electron chi connectivity index (χ1n) is 16.5. The first-order valence-corrected chi connectivity index (χ1v) is 16.5. The quantitative estimate of drug-likeness (QED) is 0.0682. The average Bonchev–Trinajstić information content (AvgIpc) is 3.16. The lowest BCUT2D eigenvalue weighted by Gasteiger charge is -2.48. The van der Waals surface area contributed by atoms with E-state index in [-0.39, 0.29) is 33.0 Å². The molecule has 2 aliphatic heterocycles. The van der Waals surface area contributed by atoms with Gasteiger partial charge in [0.1, 0.15) is 42.7 Å². The fourth-order valence-corrected chi connectivity index (χ4v) is 5.88. The molecule has 0 bridgehead atoms. The Kier molecular flexibility index (Phi) is 14.5. The number of methoxy groups -OCH3 is 1. The van der Waals surface area contributed by atoms with E-state index in [1.165, 1.54) is 6.08 Å². The van der Waals surface area contributed by atoms with Crippen molar-refractivity contribution >= 4 is 5.97 Å². The van der Waals surface area contributed by atoms with Crippen molar-refractivity contribution in [2.45, 2.75) is 81.2 Å². The van der Waals surface area contributed by atoms with E-state index in [0.717, 1.165) is 23.8 Å². The molecule has 2 fully saturated rings. The molecule has 0 unspecified atom stereocenters. The van der Waals surface area contributed by atoms with Crippen molar-refractivity contribution in [2.75, 3.05) is 20.3 Å². The minimum absolute atomic E-state index is 0.00677. The largest absolute Gasteiger partial charge is 0.467 e. The number of aliphatic hydroxyl groups is 2. The number of rotatable bonds is 17. The Labute approximate surface area is 296 Å². The van der Waals surface area contributed by atoms with Gasteiger partial charge in [-0.3, -0.25) is 0 Å². The maximum Gasteiger partial charge on any atom is 0.337 e. The average molecular weight is 706 g/mol. The van der Waals surface area contributed by atoms with Gasteiger partial charge in [0, 0.05) is 4.91 Å². The molecule has 2 N–H and O–H groups in total. The van der Waals surface area contributed by atoms with Crippen molar-refractivity contribution in [1.29, 1.82) is 0 Å². The Hall–Kier alpha value is -4.18. The Bertz CT molecular complexity index is 1550. The van der Waals surface area contributed by atoms with Gasteiger partial charge in [0.15, 0.2) is 18.7 Å². The van der Waals surface area contributed by atoms with Crippen LogP contribution in [0.3, 0.4) is 0 Å². The number of carbonyl (C=O) groups is 1. The third-order valence-corrected chi connectivity index (χ3v) is 8.41. The number of ether oxygens (including phenoxy) is 8. The van der Waals surface area contributed by atoms with Gasteiger partial charge in [-0.05, 0) is 22.2 Å². The summed E-state index contributed by atoms with van der Waals surface area (Å²) in [6, 6.07) is 26.9. The first kappa shape index (κ1) is 38.1. The van der Waals surface area contributed by atoms with Crippen molar-refractivity contribution in [2.24, 2.45) is 5.11 Å². The van der Waals surface area contributed by atoms with E-state index in [2.05, 4.69) is 16.6 Å². The van der Waals surface area contributed by atoms with E-state index in [1.807, 2.05) is 91.0 Å². The minimum Gasteiger partial charge on any atom is -0.467 e. The van der Waals surface area contributed by atoms with Crippen molar-refractivity contribution in [3.63, 3.8) is 0 Å². The zero-order valence-electron chi connectivity index (χ0n) is 28.2. The summed E-state index contributed by atoms with van der Waals surface area (Å²) in [5.74, 6) is -0.902. The van der Waals surface area contributed by atoms with Crippen LogP contribution in [0.2, 0.25) is 0 Å². The van der Waals surface area contributed by atoms with Crippen LogP contribution in [0.25, 0.3) is 10.4 Å². The topological polar surface area (TPSA) is 180 Å². The van der Waals surface area contributed by atoms with Crippen molar-refractivity contribution in [1.82, 2.24) is 0 Å². The zero-order chi connectivity index (χ0) is 36.0. The molecule has 272 valence electrons. The van der Waals surface area contributed by atoms with Gasteiger partial charge in [-0.15, -0.1) is 6.58 Å². The van der Waals surface area contributed by atoms with Crippen molar-refractivity contribution < 1.29 is 52.9 Å². The van der Waals surface area contributed by atoms with E-state index in [4.69, 9.17) is 37.9 Å². The van der Waals surface area contributed by atoms with Gasteiger partial charge in [-0.2, -0.15) is 0 Å². The molecule has 14 nitrogen and oxygen atoms in total. The molecule has 0 aromatic heterocycles. The normalized spacial score (nSPS) is 29.1. The fraction of sp³-hybridized carbons (Fsp3) is 0.432. The van der Waals surface area contributed by atoms with Gasteiger partial charge < -0.3 is 48.1 Å². The van der Waals surface area contributed by atoms with E-state index < -0.39 is 67.3 Å². The molecule has 0 spiro atoms. The molecule has 0 aliphatic carbocycles. The van der Waals surface area contributed by atoms with Crippen LogP contribution < -0.4 is 0 Å². The summed E-state index contributed by atoms with van der Waals surface area (Å²) < 4.78 is 48.0. The van der Waals surface area contributed by atoms with Gasteiger partial charge in [-0.1, -0.05) is 102 Å². The van der Waals surface area contributed by atoms with Gasteiger partial charge in [0.05, 0.1) is 40.1 Å². The summed E-state index contributed by atoms with van der Waals surface area (Å²) in [6.45, 7) is 4.04. The standard InChI is InChI=1S/C37H43N3O11/c1-3-19-46-36-28(39-40-38)32(47-21-25-15-9-5-10-16-25)31(27(49-36)23-45-20-24-13-7-4-8-14-24)50-37-30(42)33(29(41)34(51-37)35(43)44-2)48-22-26-17-11-6-12-18-26/h3-18,27-34,36-37,41-42H,1,19-23H2,2H3/t27-,28-,29+,30-,31-,32-,33+,34-,36+,37-/m1/s1. The summed E-state index contributed by atoms with van der Waals surface area (Å²) >= 11 is 0. The molecular formula is C37H43N3O11. The molecule has 2 saturated heterocycles. The van der Waals surface area contributed by atoms with E-state index in [1.54, 1.807) is 0 Å². The van der Waals surface area contributed by atoms with Crippen LogP contribution in [-0.4, -0.2) is 97.9 Å². The summed E-state index contributed by atoms with van der Waals surface area (Å²) in [5.41, 5.74) is 12.1. The maximum absolute atomic E-state index is 12.8. The Morgan fingerprint density at radius 1 is 0.804 bits per heavy atom. The summed E-state index contributed by atoms with van der Waals surface area (Å²) in [4.78, 5) is 15.9. The minimum atomic E-state index is -1.61. The van der Waals surface area contributed by atoms with Crippen LogP contribution in [0.15, 0.2) is 109 Å².